The van der Waals surface area contributed by atoms with Gasteiger partial charge in [-0.3, -0.25) is 0 Å². The van der Waals surface area contributed by atoms with Crippen LogP contribution in [0.3, 0.4) is 0 Å². The first-order valence-corrected chi connectivity index (χ1v) is 41.2. The average Bonchev–Trinajstić information content (AvgIpc) is 0.775. The third kappa shape index (κ3) is 29.8. The van der Waals surface area contributed by atoms with E-state index in [-0.39, 0.29) is 47.7 Å². The van der Waals surface area contributed by atoms with E-state index in [0.717, 1.165) is 11.1 Å². The van der Waals surface area contributed by atoms with Crippen LogP contribution in [-0.4, -0.2) is 134 Å². The van der Waals surface area contributed by atoms with E-state index < -0.39 is 134 Å². The first-order valence-electron chi connectivity index (χ1n) is 41.2. The number of para-hydroxylation sites is 2. The number of rotatable bonds is 35. The van der Waals surface area contributed by atoms with E-state index in [1.807, 2.05) is 84.9 Å². The minimum atomic E-state index is -0.894. The van der Waals surface area contributed by atoms with E-state index in [0.29, 0.717) is 89.4 Å². The van der Waals surface area contributed by atoms with Crippen LogP contribution >= 0.6 is 0 Å². The van der Waals surface area contributed by atoms with Crippen molar-refractivity contribution in [1.82, 2.24) is 0 Å². The Morgan fingerprint density at radius 3 is 0.556 bits per heavy atom. The second kappa shape index (κ2) is 41.7. The van der Waals surface area contributed by atoms with Crippen molar-refractivity contribution in [2.75, 3.05) is 52.9 Å². The first-order chi connectivity index (χ1) is 59.4. The van der Waals surface area contributed by atoms with Crippen molar-refractivity contribution in [3.8, 4) is 124 Å². The number of benzene rings is 10. The van der Waals surface area contributed by atoms with E-state index in [9.17, 15) is 38.4 Å². The molecule has 0 aliphatic heterocycles. The highest BCUT2D eigenvalue weighted by molar-refractivity contribution is 5.89. The molecule has 0 aliphatic carbocycles. The third-order valence-corrected chi connectivity index (χ3v) is 17.6. The summed E-state index contributed by atoms with van der Waals surface area (Å²) < 4.78 is 96.6. The molecule has 24 heteroatoms. The van der Waals surface area contributed by atoms with E-state index in [2.05, 4.69) is 0 Å². The van der Waals surface area contributed by atoms with Gasteiger partial charge in [0.1, 0.15) is 92.8 Å². The van der Waals surface area contributed by atoms with Crippen LogP contribution in [0.5, 0.6) is 46.0 Å². The molecule has 0 bridgehead atoms. The number of esters is 8. The summed E-state index contributed by atoms with van der Waals surface area (Å²) in [6.45, 7) is 27.2. The van der Waals surface area contributed by atoms with E-state index >= 15 is 0 Å². The number of hydrogen-bond donors (Lipinski definition) is 0. The third-order valence-electron chi connectivity index (χ3n) is 17.6. The topological polar surface area (TPSA) is 284 Å². The van der Waals surface area contributed by atoms with Gasteiger partial charge in [0, 0.05) is 44.5 Å². The molecule has 24 nitrogen and oxygen atoms in total. The zero-order valence-electron chi connectivity index (χ0n) is 74.7. The Labute approximate surface area is 735 Å². The SMILES string of the molecule is CC(C)(C)OC(=O)COc1cc(-c2ccc(-c3ccccc3OCC(=O)OC(C)(C)C)c(OCC(=O)OC(C)(C)C)c2)ccc1-c1ccc(-c2ccc(-c3ccc(-c4ccc(-c5ccccc5OCC(=O)OC(C)(C)C)c(OCC(=O)OC(C)(C)C)c4)cc3OCC(=O)OC(C)(C)C)c(OCC(=O)OCc3ccccc3)c2)cc1OCC(=O)OCc1ccccc1. The predicted octanol–water partition coefficient (Wildman–Crippen LogP) is 19.9. The molecular weight excluding hydrogens is 1610 g/mol. The molecule has 0 spiro atoms. The molecule has 10 rings (SSSR count). The zero-order chi connectivity index (χ0) is 91.3. The van der Waals surface area contributed by atoms with Crippen molar-refractivity contribution in [3.05, 3.63) is 230 Å². The highest BCUT2D eigenvalue weighted by atomic mass is 16.6. The van der Waals surface area contributed by atoms with Crippen molar-refractivity contribution in [1.29, 1.82) is 0 Å². The molecule has 0 radical (unpaired) electrons. The highest BCUT2D eigenvalue weighted by Gasteiger charge is 2.29. The Morgan fingerprint density at radius 1 is 0.190 bits per heavy atom. The molecule has 10 aromatic carbocycles. The summed E-state index contributed by atoms with van der Waals surface area (Å²) in [6.07, 6.45) is 0. The monoisotopic (exact) mass is 1720 g/mol. The zero-order valence-corrected chi connectivity index (χ0v) is 74.7. The predicted molar refractivity (Wildman–Crippen MR) is 476 cm³/mol. The molecule has 0 saturated heterocycles. The lowest BCUT2D eigenvalue weighted by Crippen LogP contribution is -2.27. The minimum Gasteiger partial charge on any atom is -0.481 e. The molecular formula is C102H110O24. The molecule has 126 heavy (non-hydrogen) atoms. The molecule has 0 aliphatic rings. The van der Waals surface area contributed by atoms with Gasteiger partial charge in [0.15, 0.2) is 52.9 Å². The van der Waals surface area contributed by atoms with Crippen molar-refractivity contribution < 1.29 is 114 Å². The molecule has 0 unspecified atom stereocenters. The Kier molecular flexibility index (Phi) is 31.3. The van der Waals surface area contributed by atoms with Gasteiger partial charge in [-0.2, -0.15) is 0 Å². The second-order valence-corrected chi connectivity index (χ2v) is 35.4. The fraction of sp³-hybridized carbons (Fsp3) is 0.333. The van der Waals surface area contributed by atoms with Crippen LogP contribution in [0.2, 0.25) is 0 Å². The van der Waals surface area contributed by atoms with Crippen LogP contribution < -0.4 is 37.9 Å². The van der Waals surface area contributed by atoms with Gasteiger partial charge in [0.2, 0.25) is 0 Å². The first kappa shape index (κ1) is 94.6. The van der Waals surface area contributed by atoms with Gasteiger partial charge in [-0.25, -0.2) is 38.4 Å². The molecule has 0 saturated carbocycles. The van der Waals surface area contributed by atoms with Gasteiger partial charge in [0.25, 0.3) is 0 Å². The van der Waals surface area contributed by atoms with E-state index in [1.165, 1.54) is 0 Å². The molecule has 0 N–H and O–H groups in total. The normalized spacial score (nSPS) is 11.7. The lowest BCUT2D eigenvalue weighted by atomic mass is 9.93. The second-order valence-electron chi connectivity index (χ2n) is 35.4. The fourth-order valence-electron chi connectivity index (χ4n) is 12.8. The fourth-order valence-corrected chi connectivity index (χ4v) is 12.8. The average molecular weight is 1720 g/mol. The van der Waals surface area contributed by atoms with Crippen LogP contribution in [0.15, 0.2) is 218 Å². The Hall–Kier alpha value is -13.6. The maximum absolute atomic E-state index is 13.9. The summed E-state index contributed by atoms with van der Waals surface area (Å²) >= 11 is 0. The molecule has 10 aromatic rings. The van der Waals surface area contributed by atoms with Crippen molar-refractivity contribution in [3.63, 3.8) is 0 Å². The lowest BCUT2D eigenvalue weighted by Gasteiger charge is -2.22. The van der Waals surface area contributed by atoms with Crippen molar-refractivity contribution >= 4 is 47.8 Å². The van der Waals surface area contributed by atoms with Crippen LogP contribution in [0.1, 0.15) is 136 Å². The smallest absolute Gasteiger partial charge is 0.344 e. The van der Waals surface area contributed by atoms with Crippen LogP contribution in [0.4, 0.5) is 0 Å². The van der Waals surface area contributed by atoms with Gasteiger partial charge < -0.3 is 75.8 Å². The quantitative estimate of drug-likeness (QED) is 0.0263. The molecule has 0 fully saturated rings. The molecule has 0 amide bonds. The molecule has 0 aromatic heterocycles. The van der Waals surface area contributed by atoms with Gasteiger partial charge in [-0.05, 0) is 254 Å². The molecule has 0 atom stereocenters. The standard InChI is InChI=1S/C102H110O24/c1-97(2,3)121-91(105)59-111-81-35-27-25-33-73(81)75-43-37-67(49-83(75)115-61-93(107)123-99(7,8)9)71-41-47-79(87(53-71)117-63-95(109)125-101(13,14)15)77-45-39-69(51-85(77)113-57-89(103)119-55-65-29-21-19-22-30-65)70-40-46-78(86(52-70)114-58-90(104)120-56-66-31-23-20-24-32-66)80-48-42-72(54-88(80)118-64-96(110)126-102(16,17)18)68-38-44-76(84(50-68)116-62-94(108)124-100(10,11)12)74-34-26-28-36-82(74)112-60-92(106)122-98(4,5)6/h19-54H,55-64H2,1-18H3. The van der Waals surface area contributed by atoms with Crippen LogP contribution in [-0.2, 0) is 89.5 Å². The number of hydrogen-bond acceptors (Lipinski definition) is 24. The summed E-state index contributed by atoms with van der Waals surface area (Å²) in [4.78, 5) is 108. The Balaban J connectivity index is 1.11. The van der Waals surface area contributed by atoms with Gasteiger partial charge in [0.05, 0.1) is 0 Å². The molecule has 662 valence electrons. The Morgan fingerprint density at radius 2 is 0.357 bits per heavy atom. The van der Waals surface area contributed by atoms with Crippen LogP contribution in [0, 0.1) is 0 Å². The summed E-state index contributed by atoms with van der Waals surface area (Å²) in [5, 5.41) is 0. The summed E-state index contributed by atoms with van der Waals surface area (Å²) in [5.41, 5.74) is 3.26. The van der Waals surface area contributed by atoms with Gasteiger partial charge in [-0.1, -0.05) is 133 Å². The van der Waals surface area contributed by atoms with Gasteiger partial charge in [-0.15, -0.1) is 0 Å². The summed E-state index contributed by atoms with van der Waals surface area (Å²) in [7, 11) is 0. The lowest BCUT2D eigenvalue weighted by molar-refractivity contribution is -0.158. The van der Waals surface area contributed by atoms with Crippen molar-refractivity contribution in [2.24, 2.45) is 0 Å². The minimum absolute atomic E-state index is 0.0540. The summed E-state index contributed by atoms with van der Waals surface area (Å²) in [5.74, 6) is -3.51. The Bertz CT molecular complexity index is 5170. The number of carbonyl (C=O) groups excluding carboxylic acids is 8. The number of ether oxygens (including phenoxy) is 16. The van der Waals surface area contributed by atoms with Gasteiger partial charge >= 0.3 is 47.8 Å². The summed E-state index contributed by atoms with van der Waals surface area (Å²) in [6, 6.07) is 64.1. The van der Waals surface area contributed by atoms with E-state index in [4.69, 9.17) is 75.8 Å². The molecule has 0 heterocycles. The highest BCUT2D eigenvalue weighted by Crippen LogP contribution is 2.48. The maximum atomic E-state index is 13.9. The van der Waals surface area contributed by atoms with Crippen LogP contribution in [0.25, 0.3) is 77.9 Å². The van der Waals surface area contributed by atoms with E-state index in [1.54, 1.807) is 258 Å². The largest absolute Gasteiger partial charge is 0.481 e. The maximum Gasteiger partial charge on any atom is 0.344 e. The number of carbonyl (C=O) groups is 8. The van der Waals surface area contributed by atoms with Crippen molar-refractivity contribution in [2.45, 2.75) is 171 Å².